The Balaban J connectivity index is 1.34. The predicted molar refractivity (Wildman–Crippen MR) is 118 cm³/mol. The predicted octanol–water partition coefficient (Wildman–Crippen LogP) is 3.24. The first-order valence-electron chi connectivity index (χ1n) is 10.7. The number of amides is 2. The van der Waals surface area contributed by atoms with Crippen molar-refractivity contribution in [3.63, 3.8) is 0 Å². The SMILES string of the molecule is CC(CNC(=O)C1CCCN(C(=O)c2cc(-c3ccncc3)[nH]n2)C1)c1ccccc1. The number of rotatable bonds is 6. The van der Waals surface area contributed by atoms with E-state index in [1.54, 1.807) is 23.4 Å². The monoisotopic (exact) mass is 417 g/mol. The highest BCUT2D eigenvalue weighted by atomic mass is 16.2. The van der Waals surface area contributed by atoms with E-state index in [0.717, 1.165) is 24.1 Å². The highest BCUT2D eigenvalue weighted by Gasteiger charge is 2.30. The highest BCUT2D eigenvalue weighted by Crippen LogP contribution is 2.21. The molecule has 31 heavy (non-hydrogen) atoms. The van der Waals surface area contributed by atoms with Crippen molar-refractivity contribution in [2.45, 2.75) is 25.7 Å². The van der Waals surface area contributed by atoms with Crippen molar-refractivity contribution in [2.75, 3.05) is 19.6 Å². The van der Waals surface area contributed by atoms with Crippen LogP contribution in [0.2, 0.25) is 0 Å². The summed E-state index contributed by atoms with van der Waals surface area (Å²) in [5, 5.41) is 10.2. The maximum absolute atomic E-state index is 13.0. The first-order chi connectivity index (χ1) is 15.1. The Labute approximate surface area is 181 Å². The Kier molecular flexibility index (Phi) is 6.40. The average molecular weight is 418 g/mol. The van der Waals surface area contributed by atoms with Crippen LogP contribution >= 0.6 is 0 Å². The zero-order chi connectivity index (χ0) is 21.6. The van der Waals surface area contributed by atoms with Gasteiger partial charge in [-0.05, 0) is 42.5 Å². The van der Waals surface area contributed by atoms with Gasteiger partial charge in [0, 0.05) is 37.6 Å². The molecular weight excluding hydrogens is 390 g/mol. The molecule has 7 nitrogen and oxygen atoms in total. The fourth-order valence-electron chi connectivity index (χ4n) is 3.95. The lowest BCUT2D eigenvalue weighted by atomic mass is 9.96. The van der Waals surface area contributed by atoms with Gasteiger partial charge < -0.3 is 10.2 Å². The van der Waals surface area contributed by atoms with Gasteiger partial charge in [0.2, 0.25) is 5.91 Å². The van der Waals surface area contributed by atoms with E-state index >= 15 is 0 Å². The highest BCUT2D eigenvalue weighted by molar-refractivity contribution is 5.94. The molecule has 2 N–H and O–H groups in total. The maximum Gasteiger partial charge on any atom is 0.274 e. The Hall–Kier alpha value is -3.48. The van der Waals surface area contributed by atoms with Crippen LogP contribution in [0.1, 0.15) is 41.7 Å². The summed E-state index contributed by atoms with van der Waals surface area (Å²) in [7, 11) is 0. The molecule has 2 amide bonds. The van der Waals surface area contributed by atoms with Crippen molar-refractivity contribution < 1.29 is 9.59 Å². The lowest BCUT2D eigenvalue weighted by molar-refractivity contribution is -0.126. The van der Waals surface area contributed by atoms with Gasteiger partial charge in [-0.2, -0.15) is 5.10 Å². The lowest BCUT2D eigenvalue weighted by Crippen LogP contribution is -2.46. The standard InChI is InChI=1S/C24H27N5O2/c1-17(18-6-3-2-4-7-18)15-26-23(30)20-8-5-13-29(16-20)24(31)22-14-21(27-28-22)19-9-11-25-12-10-19/h2-4,6-7,9-12,14,17,20H,5,8,13,15-16H2,1H3,(H,26,30)(H,27,28). The van der Waals surface area contributed by atoms with Crippen LogP contribution < -0.4 is 5.32 Å². The van der Waals surface area contributed by atoms with Crippen molar-refractivity contribution in [2.24, 2.45) is 5.92 Å². The molecule has 4 rings (SSSR count). The van der Waals surface area contributed by atoms with Crippen molar-refractivity contribution in [3.05, 3.63) is 72.2 Å². The smallest absolute Gasteiger partial charge is 0.274 e. The quantitative estimate of drug-likeness (QED) is 0.644. The van der Waals surface area contributed by atoms with E-state index in [0.29, 0.717) is 25.3 Å². The summed E-state index contributed by atoms with van der Waals surface area (Å²) in [6, 6.07) is 15.6. The number of benzene rings is 1. The van der Waals surface area contributed by atoms with Gasteiger partial charge in [0.25, 0.3) is 5.91 Å². The van der Waals surface area contributed by atoms with Crippen LogP contribution in [0.25, 0.3) is 11.3 Å². The molecule has 1 aromatic carbocycles. The van der Waals surface area contributed by atoms with E-state index in [1.165, 1.54) is 5.56 Å². The second-order valence-corrected chi connectivity index (χ2v) is 8.05. The van der Waals surface area contributed by atoms with E-state index in [2.05, 4.69) is 39.6 Å². The Morgan fingerprint density at radius 3 is 2.74 bits per heavy atom. The second-order valence-electron chi connectivity index (χ2n) is 8.05. The molecule has 0 radical (unpaired) electrons. The molecule has 2 unspecified atom stereocenters. The molecule has 2 atom stereocenters. The molecule has 7 heteroatoms. The van der Waals surface area contributed by atoms with Crippen molar-refractivity contribution in [1.29, 1.82) is 0 Å². The molecular formula is C24H27N5O2. The van der Waals surface area contributed by atoms with Crippen molar-refractivity contribution in [3.8, 4) is 11.3 Å². The molecule has 0 aliphatic carbocycles. The van der Waals surface area contributed by atoms with E-state index in [4.69, 9.17) is 0 Å². The number of H-pyrrole nitrogens is 1. The average Bonchev–Trinajstić information content (AvgIpc) is 3.33. The van der Waals surface area contributed by atoms with Crippen LogP contribution in [0.3, 0.4) is 0 Å². The molecule has 0 bridgehead atoms. The summed E-state index contributed by atoms with van der Waals surface area (Å²) in [6.07, 6.45) is 4.99. The molecule has 160 valence electrons. The van der Waals surface area contributed by atoms with Crippen LogP contribution in [-0.2, 0) is 4.79 Å². The van der Waals surface area contributed by atoms with E-state index in [9.17, 15) is 9.59 Å². The van der Waals surface area contributed by atoms with Crippen LogP contribution in [0.15, 0.2) is 60.9 Å². The van der Waals surface area contributed by atoms with Crippen molar-refractivity contribution >= 4 is 11.8 Å². The van der Waals surface area contributed by atoms with Crippen molar-refractivity contribution in [1.82, 2.24) is 25.4 Å². The Morgan fingerprint density at radius 1 is 1.19 bits per heavy atom. The van der Waals surface area contributed by atoms with Gasteiger partial charge in [-0.3, -0.25) is 19.7 Å². The molecule has 3 aromatic rings. The van der Waals surface area contributed by atoms with Gasteiger partial charge in [0.15, 0.2) is 5.69 Å². The van der Waals surface area contributed by atoms with Crippen LogP contribution in [0.5, 0.6) is 0 Å². The maximum atomic E-state index is 13.0. The number of hydrogen-bond acceptors (Lipinski definition) is 4. The minimum absolute atomic E-state index is 0.0137. The number of piperidine rings is 1. The first kappa shape index (κ1) is 20.8. The lowest BCUT2D eigenvalue weighted by Gasteiger charge is -2.31. The number of nitrogens with one attached hydrogen (secondary N) is 2. The second kappa shape index (κ2) is 9.55. The Bertz CT molecular complexity index is 1020. The van der Waals surface area contributed by atoms with Gasteiger partial charge in [-0.25, -0.2) is 0 Å². The summed E-state index contributed by atoms with van der Waals surface area (Å²) >= 11 is 0. The summed E-state index contributed by atoms with van der Waals surface area (Å²) in [5.74, 6) is -0.0899. The molecule has 3 heterocycles. The minimum Gasteiger partial charge on any atom is -0.355 e. The third-order valence-corrected chi connectivity index (χ3v) is 5.82. The number of aromatic nitrogens is 3. The number of carbonyl (C=O) groups excluding carboxylic acids is 2. The first-order valence-corrected chi connectivity index (χ1v) is 10.7. The number of pyridine rings is 1. The van der Waals surface area contributed by atoms with Gasteiger partial charge >= 0.3 is 0 Å². The van der Waals surface area contributed by atoms with Gasteiger partial charge in [-0.15, -0.1) is 0 Å². The minimum atomic E-state index is -0.195. The summed E-state index contributed by atoms with van der Waals surface area (Å²) in [6.45, 7) is 3.74. The topological polar surface area (TPSA) is 91.0 Å². The largest absolute Gasteiger partial charge is 0.355 e. The molecule has 1 fully saturated rings. The Morgan fingerprint density at radius 2 is 1.97 bits per heavy atom. The van der Waals surface area contributed by atoms with E-state index < -0.39 is 0 Å². The van der Waals surface area contributed by atoms with Crippen LogP contribution in [0, 0.1) is 5.92 Å². The summed E-state index contributed by atoms with van der Waals surface area (Å²) < 4.78 is 0. The van der Waals surface area contributed by atoms with E-state index in [1.807, 2.05) is 30.3 Å². The van der Waals surface area contributed by atoms with E-state index in [-0.39, 0.29) is 23.7 Å². The molecule has 0 saturated carbocycles. The third-order valence-electron chi connectivity index (χ3n) is 5.82. The molecule has 1 aliphatic heterocycles. The normalized spacial score (nSPS) is 17.2. The van der Waals surface area contributed by atoms with Crippen LogP contribution in [0.4, 0.5) is 0 Å². The fraction of sp³-hybridized carbons (Fsp3) is 0.333. The molecule has 1 saturated heterocycles. The van der Waals surface area contributed by atoms with Gasteiger partial charge in [0.05, 0.1) is 11.6 Å². The van der Waals surface area contributed by atoms with Gasteiger partial charge in [-0.1, -0.05) is 37.3 Å². The molecule has 1 aliphatic rings. The molecule has 2 aromatic heterocycles. The number of nitrogens with zero attached hydrogens (tertiary/aromatic N) is 3. The number of aromatic amines is 1. The number of hydrogen-bond donors (Lipinski definition) is 2. The summed E-state index contributed by atoms with van der Waals surface area (Å²) in [5.41, 5.74) is 3.26. The summed E-state index contributed by atoms with van der Waals surface area (Å²) in [4.78, 5) is 31.5. The number of likely N-dealkylation sites (tertiary alicyclic amines) is 1. The number of carbonyl (C=O) groups is 2. The van der Waals surface area contributed by atoms with Crippen LogP contribution in [-0.4, -0.2) is 51.5 Å². The fourth-order valence-corrected chi connectivity index (χ4v) is 3.95. The molecule has 0 spiro atoms. The van der Waals surface area contributed by atoms with Gasteiger partial charge in [0.1, 0.15) is 0 Å². The zero-order valence-electron chi connectivity index (χ0n) is 17.6. The third kappa shape index (κ3) is 4.99. The zero-order valence-corrected chi connectivity index (χ0v) is 17.6.